The molecular formula is C21H30N4O2. The highest BCUT2D eigenvalue weighted by molar-refractivity contribution is 5.73. The number of urea groups is 1. The topological polar surface area (TPSA) is 60.8 Å². The number of piperazine rings is 1. The van der Waals surface area contributed by atoms with Crippen LogP contribution in [0.2, 0.25) is 0 Å². The molecule has 1 fully saturated rings. The molecule has 146 valence electrons. The predicted molar refractivity (Wildman–Crippen MR) is 108 cm³/mol. The Bertz CT molecular complexity index is 736. The van der Waals surface area contributed by atoms with Crippen LogP contribution in [-0.4, -0.2) is 49.7 Å². The molecule has 2 N–H and O–H groups in total. The van der Waals surface area contributed by atoms with Gasteiger partial charge in [-0.05, 0) is 39.0 Å². The zero-order valence-corrected chi connectivity index (χ0v) is 16.5. The molecule has 1 aliphatic rings. The summed E-state index contributed by atoms with van der Waals surface area (Å²) in [6.45, 7) is 11.2. The van der Waals surface area contributed by atoms with E-state index in [2.05, 4.69) is 51.6 Å². The average molecular weight is 370 g/mol. The summed E-state index contributed by atoms with van der Waals surface area (Å²) < 4.78 is 5.48. The molecule has 0 bridgehead atoms. The summed E-state index contributed by atoms with van der Waals surface area (Å²) in [4.78, 5) is 16.9. The van der Waals surface area contributed by atoms with Gasteiger partial charge in [-0.1, -0.05) is 18.2 Å². The van der Waals surface area contributed by atoms with Gasteiger partial charge in [0.15, 0.2) is 0 Å². The number of anilines is 1. The number of carbonyl (C=O) groups excluding carboxylic acids is 1. The van der Waals surface area contributed by atoms with E-state index in [1.165, 1.54) is 5.69 Å². The van der Waals surface area contributed by atoms with Gasteiger partial charge in [0.25, 0.3) is 0 Å². The smallest absolute Gasteiger partial charge is 0.315 e. The van der Waals surface area contributed by atoms with Gasteiger partial charge in [0.2, 0.25) is 0 Å². The van der Waals surface area contributed by atoms with Crippen LogP contribution in [0.5, 0.6) is 0 Å². The third kappa shape index (κ3) is 5.26. The van der Waals surface area contributed by atoms with Crippen LogP contribution in [0.1, 0.15) is 24.0 Å². The summed E-state index contributed by atoms with van der Waals surface area (Å²) >= 11 is 0. The molecular weight excluding hydrogens is 340 g/mol. The lowest BCUT2D eigenvalue weighted by Crippen LogP contribution is -2.53. The predicted octanol–water partition coefficient (Wildman–Crippen LogP) is 2.91. The maximum absolute atomic E-state index is 12.1. The maximum atomic E-state index is 12.1. The highest BCUT2D eigenvalue weighted by Gasteiger charge is 2.21. The normalized spacial score (nSPS) is 16.2. The van der Waals surface area contributed by atoms with Gasteiger partial charge in [-0.3, -0.25) is 4.90 Å². The number of amides is 2. The molecule has 0 aliphatic carbocycles. The number of para-hydroxylation sites is 1. The van der Waals surface area contributed by atoms with Gasteiger partial charge in [0.05, 0.1) is 0 Å². The van der Waals surface area contributed by atoms with Crippen LogP contribution >= 0.6 is 0 Å². The molecule has 2 heterocycles. The molecule has 6 heteroatoms. The van der Waals surface area contributed by atoms with E-state index in [4.69, 9.17) is 4.42 Å². The van der Waals surface area contributed by atoms with Crippen molar-refractivity contribution in [3.8, 4) is 0 Å². The summed E-state index contributed by atoms with van der Waals surface area (Å²) in [6, 6.07) is 12.7. The van der Waals surface area contributed by atoms with Crippen molar-refractivity contribution in [3.05, 3.63) is 53.5 Å². The van der Waals surface area contributed by atoms with E-state index >= 15 is 0 Å². The van der Waals surface area contributed by atoms with Crippen molar-refractivity contribution in [3.63, 3.8) is 0 Å². The fourth-order valence-corrected chi connectivity index (χ4v) is 3.53. The van der Waals surface area contributed by atoms with Gasteiger partial charge in [-0.25, -0.2) is 4.79 Å². The van der Waals surface area contributed by atoms with Crippen LogP contribution in [0.3, 0.4) is 0 Å². The number of hydrogen-bond donors (Lipinski definition) is 2. The van der Waals surface area contributed by atoms with Gasteiger partial charge in [-0.15, -0.1) is 0 Å². The fraction of sp³-hybridized carbons (Fsp3) is 0.476. The Morgan fingerprint density at radius 3 is 2.44 bits per heavy atom. The molecule has 1 unspecified atom stereocenters. The van der Waals surface area contributed by atoms with E-state index < -0.39 is 0 Å². The Labute approximate surface area is 161 Å². The number of nitrogens with one attached hydrogen (secondary N) is 2. The quantitative estimate of drug-likeness (QED) is 0.821. The molecule has 3 rings (SSSR count). The first-order valence-corrected chi connectivity index (χ1v) is 9.64. The van der Waals surface area contributed by atoms with E-state index in [9.17, 15) is 4.79 Å². The Hall–Kier alpha value is -2.47. The number of benzene rings is 1. The van der Waals surface area contributed by atoms with Crippen LogP contribution in [0.15, 0.2) is 40.8 Å². The highest BCUT2D eigenvalue weighted by Crippen LogP contribution is 2.16. The minimum atomic E-state index is -0.136. The summed E-state index contributed by atoms with van der Waals surface area (Å²) in [6.07, 6.45) is 0. The van der Waals surface area contributed by atoms with Gasteiger partial charge in [-0.2, -0.15) is 0 Å². The molecule has 1 aromatic heterocycles. The Kier molecular flexibility index (Phi) is 6.40. The van der Waals surface area contributed by atoms with Crippen molar-refractivity contribution in [2.75, 3.05) is 37.6 Å². The Balaban J connectivity index is 1.37. The zero-order chi connectivity index (χ0) is 19.2. The molecule has 6 nitrogen and oxygen atoms in total. The number of carbonyl (C=O) groups is 1. The molecule has 2 aromatic rings. The lowest BCUT2D eigenvalue weighted by Gasteiger charge is -2.39. The largest absolute Gasteiger partial charge is 0.466 e. The number of nitrogens with zero attached hydrogens (tertiary/aromatic N) is 2. The third-order valence-corrected chi connectivity index (χ3v) is 5.20. The molecule has 1 aromatic carbocycles. The van der Waals surface area contributed by atoms with E-state index in [0.717, 1.165) is 43.3 Å². The molecule has 1 aliphatic heterocycles. The first kappa shape index (κ1) is 19.3. The molecule has 1 saturated heterocycles. The van der Waals surface area contributed by atoms with Crippen molar-refractivity contribution >= 4 is 11.7 Å². The summed E-state index contributed by atoms with van der Waals surface area (Å²) in [5, 5.41) is 5.89. The summed E-state index contributed by atoms with van der Waals surface area (Å²) in [7, 11) is 0. The molecule has 27 heavy (non-hydrogen) atoms. The lowest BCUT2D eigenvalue weighted by atomic mass is 10.2. The molecule has 2 amide bonds. The van der Waals surface area contributed by atoms with Crippen LogP contribution in [0.4, 0.5) is 10.5 Å². The van der Waals surface area contributed by atoms with E-state index in [0.29, 0.717) is 19.1 Å². The van der Waals surface area contributed by atoms with Crippen LogP contribution < -0.4 is 15.5 Å². The lowest BCUT2D eigenvalue weighted by molar-refractivity contribution is 0.190. The van der Waals surface area contributed by atoms with Crippen molar-refractivity contribution in [2.45, 2.75) is 33.4 Å². The van der Waals surface area contributed by atoms with Gasteiger partial charge in [0, 0.05) is 56.6 Å². The SMILES string of the molecule is Cc1cc(CNC(=O)NCC(C)N2CCN(c3ccccc3)CC2)c(C)o1. The zero-order valence-electron chi connectivity index (χ0n) is 16.5. The first-order chi connectivity index (χ1) is 13.0. The minimum absolute atomic E-state index is 0.136. The molecule has 0 saturated carbocycles. The third-order valence-electron chi connectivity index (χ3n) is 5.20. The first-order valence-electron chi connectivity index (χ1n) is 9.64. The van der Waals surface area contributed by atoms with Crippen molar-refractivity contribution in [1.82, 2.24) is 15.5 Å². The fourth-order valence-electron chi connectivity index (χ4n) is 3.53. The van der Waals surface area contributed by atoms with Gasteiger partial charge < -0.3 is 20.0 Å². The van der Waals surface area contributed by atoms with Crippen molar-refractivity contribution in [2.24, 2.45) is 0 Å². The number of furan rings is 1. The standard InChI is InChI=1S/C21H30N4O2/c1-16(14-22-21(26)23-15-19-13-17(2)27-18(19)3)24-9-11-25(12-10-24)20-7-5-4-6-8-20/h4-8,13,16H,9-12,14-15H2,1-3H3,(H2,22,23,26). The monoisotopic (exact) mass is 370 g/mol. The van der Waals surface area contributed by atoms with E-state index in [1.54, 1.807) is 0 Å². The second-order valence-electron chi connectivity index (χ2n) is 7.21. The number of hydrogen-bond acceptors (Lipinski definition) is 4. The van der Waals surface area contributed by atoms with E-state index in [1.807, 2.05) is 26.0 Å². The summed E-state index contributed by atoms with van der Waals surface area (Å²) in [5.74, 6) is 1.73. The van der Waals surface area contributed by atoms with Crippen LogP contribution in [0.25, 0.3) is 0 Å². The number of aryl methyl sites for hydroxylation is 2. The van der Waals surface area contributed by atoms with Crippen LogP contribution in [0, 0.1) is 13.8 Å². The average Bonchev–Trinajstić information content (AvgIpc) is 3.02. The van der Waals surface area contributed by atoms with Crippen LogP contribution in [-0.2, 0) is 6.54 Å². The Morgan fingerprint density at radius 2 is 1.81 bits per heavy atom. The Morgan fingerprint density at radius 1 is 1.11 bits per heavy atom. The van der Waals surface area contributed by atoms with Crippen molar-refractivity contribution in [1.29, 1.82) is 0 Å². The summed E-state index contributed by atoms with van der Waals surface area (Å²) in [5.41, 5.74) is 2.31. The second kappa shape index (κ2) is 8.95. The van der Waals surface area contributed by atoms with Gasteiger partial charge in [0.1, 0.15) is 11.5 Å². The molecule has 1 atom stereocenters. The second-order valence-corrected chi connectivity index (χ2v) is 7.21. The minimum Gasteiger partial charge on any atom is -0.466 e. The molecule has 0 radical (unpaired) electrons. The highest BCUT2D eigenvalue weighted by atomic mass is 16.3. The van der Waals surface area contributed by atoms with Gasteiger partial charge >= 0.3 is 6.03 Å². The maximum Gasteiger partial charge on any atom is 0.315 e. The van der Waals surface area contributed by atoms with E-state index in [-0.39, 0.29) is 6.03 Å². The van der Waals surface area contributed by atoms with Crippen molar-refractivity contribution < 1.29 is 9.21 Å². The molecule has 0 spiro atoms. The number of rotatable bonds is 6.